The fourth-order valence-corrected chi connectivity index (χ4v) is 2.53. The maximum absolute atomic E-state index is 5.22. The van der Waals surface area contributed by atoms with Crippen molar-refractivity contribution in [3.63, 3.8) is 0 Å². The van der Waals surface area contributed by atoms with E-state index in [0.717, 1.165) is 0 Å². The van der Waals surface area contributed by atoms with Crippen molar-refractivity contribution in [2.75, 3.05) is 0 Å². The summed E-state index contributed by atoms with van der Waals surface area (Å²) in [5.74, 6) is 2.00. The van der Waals surface area contributed by atoms with E-state index in [1.807, 2.05) is 20.8 Å². The highest BCUT2D eigenvalue weighted by atomic mass is 32.2. The first-order valence-electron chi connectivity index (χ1n) is 6.32. The molecule has 0 aliphatic rings. The predicted octanol–water partition coefficient (Wildman–Crippen LogP) is 2.36. The molecular formula is C12H14N6O2S. The molecule has 0 unspecified atom stereocenters. The van der Waals surface area contributed by atoms with E-state index in [9.17, 15) is 0 Å². The van der Waals surface area contributed by atoms with E-state index >= 15 is 0 Å². The molecule has 0 saturated heterocycles. The van der Waals surface area contributed by atoms with Gasteiger partial charge in [-0.3, -0.25) is 0 Å². The topological polar surface area (TPSA) is 95.7 Å². The van der Waals surface area contributed by atoms with Crippen molar-refractivity contribution in [2.24, 2.45) is 0 Å². The molecule has 3 aromatic heterocycles. The van der Waals surface area contributed by atoms with Crippen molar-refractivity contribution in [1.29, 1.82) is 0 Å². The number of tetrazole rings is 1. The summed E-state index contributed by atoms with van der Waals surface area (Å²) in [6.07, 6.45) is 1.57. The Morgan fingerprint density at radius 3 is 2.90 bits per heavy atom. The fraction of sp³-hybridized carbons (Fsp3) is 0.417. The number of nitrogens with zero attached hydrogens (tertiary/aromatic N) is 6. The standard InChI is InChI=1S/C12H14N6O2S/c1-12(2,3)18-11(14-16-17-18)21-7-9-13-10(15-20-9)8-5-4-6-19-8/h4-6H,7H2,1-3H3. The largest absolute Gasteiger partial charge is 0.461 e. The van der Waals surface area contributed by atoms with Gasteiger partial charge in [-0.1, -0.05) is 16.9 Å². The van der Waals surface area contributed by atoms with Crippen LogP contribution in [0.4, 0.5) is 0 Å². The Morgan fingerprint density at radius 1 is 1.33 bits per heavy atom. The molecule has 0 amide bonds. The van der Waals surface area contributed by atoms with Gasteiger partial charge >= 0.3 is 0 Å². The van der Waals surface area contributed by atoms with Crippen molar-refractivity contribution < 1.29 is 8.94 Å². The highest BCUT2D eigenvalue weighted by molar-refractivity contribution is 7.98. The molecule has 0 aliphatic carbocycles. The van der Waals surface area contributed by atoms with Gasteiger partial charge in [0.1, 0.15) is 0 Å². The first-order valence-corrected chi connectivity index (χ1v) is 7.31. The van der Waals surface area contributed by atoms with Gasteiger partial charge in [0.2, 0.25) is 16.9 Å². The maximum Gasteiger partial charge on any atom is 0.238 e. The lowest BCUT2D eigenvalue weighted by atomic mass is 10.1. The number of furan rings is 1. The maximum atomic E-state index is 5.22. The number of aromatic nitrogens is 6. The molecule has 0 saturated carbocycles. The van der Waals surface area contributed by atoms with Crippen molar-refractivity contribution in [1.82, 2.24) is 30.3 Å². The second-order valence-electron chi connectivity index (χ2n) is 5.32. The van der Waals surface area contributed by atoms with Crippen LogP contribution in [0.1, 0.15) is 26.7 Å². The fourth-order valence-electron chi connectivity index (χ4n) is 1.64. The SMILES string of the molecule is CC(C)(C)n1nnnc1SCc1nc(-c2ccco2)no1. The third-order valence-corrected chi connectivity index (χ3v) is 3.51. The highest BCUT2D eigenvalue weighted by Gasteiger charge is 2.21. The van der Waals surface area contributed by atoms with Gasteiger partial charge < -0.3 is 8.94 Å². The Morgan fingerprint density at radius 2 is 2.19 bits per heavy atom. The van der Waals surface area contributed by atoms with Gasteiger partial charge in [0, 0.05) is 0 Å². The van der Waals surface area contributed by atoms with Crippen molar-refractivity contribution in [3.8, 4) is 11.6 Å². The Bertz CT molecular complexity index is 712. The van der Waals surface area contributed by atoms with Crippen LogP contribution in [0.15, 0.2) is 32.5 Å². The van der Waals surface area contributed by atoms with Crippen LogP contribution in [0, 0.1) is 0 Å². The van der Waals surface area contributed by atoms with E-state index in [2.05, 4.69) is 25.7 Å². The van der Waals surface area contributed by atoms with E-state index in [1.54, 1.807) is 23.1 Å². The summed E-state index contributed by atoms with van der Waals surface area (Å²) < 4.78 is 12.2. The van der Waals surface area contributed by atoms with Crippen molar-refractivity contribution in [2.45, 2.75) is 37.2 Å². The molecular weight excluding hydrogens is 292 g/mol. The minimum atomic E-state index is -0.181. The molecule has 0 atom stereocenters. The van der Waals surface area contributed by atoms with Crippen LogP contribution in [-0.4, -0.2) is 30.3 Å². The summed E-state index contributed by atoms with van der Waals surface area (Å²) in [6, 6.07) is 3.56. The average molecular weight is 306 g/mol. The van der Waals surface area contributed by atoms with Crippen LogP contribution in [0.25, 0.3) is 11.6 Å². The van der Waals surface area contributed by atoms with Gasteiger partial charge in [0.25, 0.3) is 0 Å². The van der Waals surface area contributed by atoms with Gasteiger partial charge in [-0.05, 0) is 43.3 Å². The van der Waals surface area contributed by atoms with Crippen LogP contribution in [0.3, 0.4) is 0 Å². The Balaban J connectivity index is 1.70. The second kappa shape index (κ2) is 5.32. The molecule has 3 heterocycles. The first-order chi connectivity index (χ1) is 10.0. The number of hydrogen-bond donors (Lipinski definition) is 0. The van der Waals surface area contributed by atoms with Crippen molar-refractivity contribution in [3.05, 3.63) is 24.3 Å². The summed E-state index contributed by atoms with van der Waals surface area (Å²) >= 11 is 1.44. The van der Waals surface area contributed by atoms with E-state index in [1.165, 1.54) is 11.8 Å². The molecule has 0 N–H and O–H groups in total. The van der Waals surface area contributed by atoms with Gasteiger partial charge in [0.15, 0.2) is 5.76 Å². The van der Waals surface area contributed by atoms with E-state index in [-0.39, 0.29) is 5.54 Å². The zero-order chi connectivity index (χ0) is 14.9. The van der Waals surface area contributed by atoms with Gasteiger partial charge in [-0.2, -0.15) is 4.98 Å². The quantitative estimate of drug-likeness (QED) is 0.678. The molecule has 110 valence electrons. The first kappa shape index (κ1) is 13.8. The van der Waals surface area contributed by atoms with E-state index in [4.69, 9.17) is 8.94 Å². The molecule has 21 heavy (non-hydrogen) atoms. The van der Waals surface area contributed by atoms with Crippen LogP contribution in [0.5, 0.6) is 0 Å². The number of hydrogen-bond acceptors (Lipinski definition) is 8. The molecule has 8 nitrogen and oxygen atoms in total. The molecule has 0 aliphatic heterocycles. The van der Waals surface area contributed by atoms with Crippen molar-refractivity contribution >= 4 is 11.8 Å². The summed E-state index contributed by atoms with van der Waals surface area (Å²) in [7, 11) is 0. The minimum Gasteiger partial charge on any atom is -0.461 e. The van der Waals surface area contributed by atoms with Gasteiger partial charge in [-0.25, -0.2) is 4.68 Å². The van der Waals surface area contributed by atoms with Gasteiger partial charge in [0.05, 0.1) is 17.6 Å². The lowest BCUT2D eigenvalue weighted by Crippen LogP contribution is -2.24. The second-order valence-corrected chi connectivity index (χ2v) is 6.26. The minimum absolute atomic E-state index is 0.181. The monoisotopic (exact) mass is 306 g/mol. The van der Waals surface area contributed by atoms with E-state index < -0.39 is 0 Å². The summed E-state index contributed by atoms with van der Waals surface area (Å²) in [6.45, 7) is 6.11. The number of rotatable bonds is 4. The zero-order valence-electron chi connectivity index (χ0n) is 11.8. The third kappa shape index (κ3) is 2.97. The van der Waals surface area contributed by atoms with E-state index in [0.29, 0.717) is 28.4 Å². The highest BCUT2D eigenvalue weighted by Crippen LogP contribution is 2.25. The van der Waals surface area contributed by atoms with Crippen LogP contribution in [-0.2, 0) is 11.3 Å². The summed E-state index contributed by atoms with van der Waals surface area (Å²) in [5, 5.41) is 16.3. The number of thioether (sulfide) groups is 1. The molecule has 0 spiro atoms. The molecule has 0 bridgehead atoms. The van der Waals surface area contributed by atoms with Crippen LogP contribution < -0.4 is 0 Å². The van der Waals surface area contributed by atoms with Crippen LogP contribution in [0.2, 0.25) is 0 Å². The Labute approximate surface area is 124 Å². The molecule has 3 aromatic rings. The Kier molecular flexibility index (Phi) is 3.50. The van der Waals surface area contributed by atoms with Gasteiger partial charge in [-0.15, -0.1) is 5.10 Å². The molecule has 0 radical (unpaired) electrons. The zero-order valence-corrected chi connectivity index (χ0v) is 12.7. The predicted molar refractivity (Wildman–Crippen MR) is 74.4 cm³/mol. The molecule has 9 heteroatoms. The molecule has 3 rings (SSSR count). The van der Waals surface area contributed by atoms with Crippen LogP contribution >= 0.6 is 11.8 Å². The lowest BCUT2D eigenvalue weighted by molar-refractivity contribution is 0.321. The smallest absolute Gasteiger partial charge is 0.238 e. The normalized spacial score (nSPS) is 12.0. The average Bonchev–Trinajstić information content (AvgIpc) is 3.16. The Hall–Kier alpha value is -2.16. The summed E-state index contributed by atoms with van der Waals surface area (Å²) in [4.78, 5) is 4.27. The molecule has 0 fully saturated rings. The lowest BCUT2D eigenvalue weighted by Gasteiger charge is -2.19. The molecule has 0 aromatic carbocycles. The third-order valence-electron chi connectivity index (χ3n) is 2.61. The summed E-state index contributed by atoms with van der Waals surface area (Å²) in [5.41, 5.74) is -0.181.